The Bertz CT molecular complexity index is 823. The third kappa shape index (κ3) is 4.86. The van der Waals surface area contributed by atoms with E-state index in [-0.39, 0.29) is 6.42 Å². The second-order valence-corrected chi connectivity index (χ2v) is 7.35. The molecule has 0 aliphatic rings. The fourth-order valence-corrected chi connectivity index (χ4v) is 2.61. The summed E-state index contributed by atoms with van der Waals surface area (Å²) in [5, 5.41) is 9.52. The molecule has 0 amide bonds. The van der Waals surface area contributed by atoms with E-state index in [1.165, 1.54) is 0 Å². The number of hydrogen-bond acceptors (Lipinski definition) is 5. The zero-order valence-electron chi connectivity index (χ0n) is 16.0. The van der Waals surface area contributed by atoms with Crippen molar-refractivity contribution in [1.82, 2.24) is 0 Å². The molecule has 0 aromatic heterocycles. The van der Waals surface area contributed by atoms with E-state index in [0.717, 1.165) is 16.9 Å². The van der Waals surface area contributed by atoms with E-state index >= 15 is 0 Å². The van der Waals surface area contributed by atoms with E-state index in [1.54, 1.807) is 40.0 Å². The number of aliphatic carboxylic acids is 1. The minimum absolute atomic E-state index is 0.177. The van der Waals surface area contributed by atoms with Crippen molar-refractivity contribution in [2.75, 3.05) is 7.11 Å². The van der Waals surface area contributed by atoms with Gasteiger partial charge in [0.1, 0.15) is 11.4 Å². The molecule has 2 rings (SSSR count). The summed E-state index contributed by atoms with van der Waals surface area (Å²) in [6.07, 6.45) is -0.177. The fourth-order valence-electron chi connectivity index (χ4n) is 2.61. The van der Waals surface area contributed by atoms with Gasteiger partial charge in [-0.25, -0.2) is 9.59 Å². The molecule has 0 fully saturated rings. The lowest BCUT2D eigenvalue weighted by Crippen LogP contribution is -2.58. The molecule has 0 bridgehead atoms. The van der Waals surface area contributed by atoms with Gasteiger partial charge in [-0.1, -0.05) is 42.5 Å². The number of para-hydroxylation sites is 1. The number of carboxylic acid groups (broad SMARTS) is 1. The lowest BCUT2D eigenvalue weighted by atomic mass is 9.90. The maximum absolute atomic E-state index is 12.4. The molecular weight excluding hydrogens is 346 g/mol. The highest BCUT2D eigenvalue weighted by Gasteiger charge is 2.45. The maximum Gasteiger partial charge on any atom is 0.338 e. The van der Waals surface area contributed by atoms with E-state index in [9.17, 15) is 14.7 Å². The highest BCUT2D eigenvalue weighted by molar-refractivity contribution is 6.04. The van der Waals surface area contributed by atoms with Gasteiger partial charge in [0.25, 0.3) is 0 Å². The number of rotatable bonds is 6. The van der Waals surface area contributed by atoms with Crippen LogP contribution in [-0.2, 0) is 20.7 Å². The van der Waals surface area contributed by atoms with Crippen molar-refractivity contribution in [3.05, 3.63) is 54.1 Å². The quantitative estimate of drug-likeness (QED) is 0.598. The summed E-state index contributed by atoms with van der Waals surface area (Å²) < 4.78 is 10.6. The van der Waals surface area contributed by atoms with Crippen molar-refractivity contribution >= 4 is 11.9 Å². The molecule has 0 spiro atoms. The number of carbonyl (C=O) groups is 2. The van der Waals surface area contributed by atoms with Crippen LogP contribution in [0.3, 0.4) is 0 Å². The lowest BCUT2D eigenvalue weighted by molar-refractivity contribution is -0.169. The van der Waals surface area contributed by atoms with Crippen LogP contribution < -0.4 is 10.5 Å². The van der Waals surface area contributed by atoms with Gasteiger partial charge < -0.3 is 20.3 Å². The number of esters is 1. The predicted molar refractivity (Wildman–Crippen MR) is 103 cm³/mol. The van der Waals surface area contributed by atoms with E-state index in [0.29, 0.717) is 5.56 Å². The van der Waals surface area contributed by atoms with Crippen LogP contribution >= 0.6 is 0 Å². The van der Waals surface area contributed by atoms with Gasteiger partial charge in [-0.05, 0) is 38.0 Å². The first-order valence-electron chi connectivity index (χ1n) is 8.55. The molecular formula is C21H25NO5. The predicted octanol–water partition coefficient (Wildman–Crippen LogP) is 3.03. The third-order valence-electron chi connectivity index (χ3n) is 4.00. The molecule has 3 N–H and O–H groups in total. The smallest absolute Gasteiger partial charge is 0.338 e. The van der Waals surface area contributed by atoms with Crippen LogP contribution in [0.4, 0.5) is 0 Å². The monoisotopic (exact) mass is 371 g/mol. The Hall–Kier alpha value is -2.86. The van der Waals surface area contributed by atoms with Crippen molar-refractivity contribution in [3.8, 4) is 16.9 Å². The number of benzene rings is 2. The Kier molecular flexibility index (Phi) is 5.91. The number of methoxy groups -OCH3 is 1. The van der Waals surface area contributed by atoms with Crippen LogP contribution in [0, 0.1) is 0 Å². The van der Waals surface area contributed by atoms with E-state index in [2.05, 4.69) is 0 Å². The highest BCUT2D eigenvalue weighted by atomic mass is 16.6. The standard InChI is InChI=1S/C21H25NO5/c1-20(2,3)27-19(25)21(22,18(23)24)13-14-9-11-15(12-10-14)16-7-5-6-8-17(16)26-4/h5-12H,13,22H2,1-4H3,(H,23,24)/t21-/m0/s1. The molecule has 6 nitrogen and oxygen atoms in total. The first-order chi connectivity index (χ1) is 12.6. The number of hydrogen-bond donors (Lipinski definition) is 2. The van der Waals surface area contributed by atoms with Crippen molar-refractivity contribution in [2.24, 2.45) is 5.73 Å². The summed E-state index contributed by atoms with van der Waals surface area (Å²) in [5.41, 5.74) is 5.38. The minimum Gasteiger partial charge on any atom is -0.496 e. The van der Waals surface area contributed by atoms with Crippen LogP contribution in [0.1, 0.15) is 26.3 Å². The average Bonchev–Trinajstić information content (AvgIpc) is 2.60. The van der Waals surface area contributed by atoms with Gasteiger partial charge in [0.2, 0.25) is 5.54 Å². The van der Waals surface area contributed by atoms with Gasteiger partial charge in [0, 0.05) is 12.0 Å². The fraction of sp³-hybridized carbons (Fsp3) is 0.333. The molecule has 0 aliphatic carbocycles. The van der Waals surface area contributed by atoms with Gasteiger partial charge in [-0.15, -0.1) is 0 Å². The van der Waals surface area contributed by atoms with Gasteiger partial charge >= 0.3 is 11.9 Å². The molecule has 0 saturated carbocycles. The number of carboxylic acids is 1. The zero-order chi connectivity index (χ0) is 20.2. The Morgan fingerprint density at radius 3 is 2.15 bits per heavy atom. The Balaban J connectivity index is 2.27. The molecule has 2 aromatic carbocycles. The van der Waals surface area contributed by atoms with Crippen LogP contribution in [0.5, 0.6) is 5.75 Å². The van der Waals surface area contributed by atoms with Crippen molar-refractivity contribution < 1.29 is 24.2 Å². The maximum atomic E-state index is 12.4. The summed E-state index contributed by atoms with van der Waals surface area (Å²) in [6.45, 7) is 4.99. The number of ether oxygens (including phenoxy) is 2. The second kappa shape index (κ2) is 7.80. The highest BCUT2D eigenvalue weighted by Crippen LogP contribution is 2.30. The normalized spacial score (nSPS) is 13.5. The van der Waals surface area contributed by atoms with Gasteiger partial charge in [0.05, 0.1) is 7.11 Å². The van der Waals surface area contributed by atoms with Crippen LogP contribution in [0.25, 0.3) is 11.1 Å². The number of nitrogens with two attached hydrogens (primary N) is 1. The molecule has 27 heavy (non-hydrogen) atoms. The molecule has 0 aliphatic heterocycles. The Labute approximate surface area is 158 Å². The molecule has 0 saturated heterocycles. The second-order valence-electron chi connectivity index (χ2n) is 7.35. The van der Waals surface area contributed by atoms with Gasteiger partial charge in [-0.3, -0.25) is 0 Å². The van der Waals surface area contributed by atoms with E-state index < -0.39 is 23.1 Å². The van der Waals surface area contributed by atoms with E-state index in [1.807, 2.05) is 36.4 Å². The van der Waals surface area contributed by atoms with Gasteiger partial charge in [0.15, 0.2) is 0 Å². The molecule has 2 aromatic rings. The summed E-state index contributed by atoms with van der Waals surface area (Å²) in [4.78, 5) is 24.0. The topological polar surface area (TPSA) is 98.9 Å². The summed E-state index contributed by atoms with van der Waals surface area (Å²) >= 11 is 0. The SMILES string of the molecule is COc1ccccc1-c1ccc(C[C@](N)(C(=O)O)C(=O)OC(C)(C)C)cc1. The van der Waals surface area contributed by atoms with Crippen LogP contribution in [-0.4, -0.2) is 35.3 Å². The number of carbonyl (C=O) groups excluding carboxylic acids is 1. The molecule has 0 radical (unpaired) electrons. The average molecular weight is 371 g/mol. The molecule has 0 unspecified atom stereocenters. The van der Waals surface area contributed by atoms with Crippen molar-refractivity contribution in [2.45, 2.75) is 38.3 Å². The third-order valence-corrected chi connectivity index (χ3v) is 4.00. The zero-order valence-corrected chi connectivity index (χ0v) is 16.0. The lowest BCUT2D eigenvalue weighted by Gasteiger charge is -2.28. The van der Waals surface area contributed by atoms with Crippen molar-refractivity contribution in [1.29, 1.82) is 0 Å². The van der Waals surface area contributed by atoms with Crippen LogP contribution in [0.2, 0.25) is 0 Å². The minimum atomic E-state index is -2.15. The summed E-state index contributed by atoms with van der Waals surface area (Å²) in [6, 6.07) is 14.7. The van der Waals surface area contributed by atoms with Crippen LogP contribution in [0.15, 0.2) is 48.5 Å². The Morgan fingerprint density at radius 2 is 1.63 bits per heavy atom. The summed E-state index contributed by atoms with van der Waals surface area (Å²) in [5.74, 6) is -1.65. The largest absolute Gasteiger partial charge is 0.496 e. The van der Waals surface area contributed by atoms with Gasteiger partial charge in [-0.2, -0.15) is 0 Å². The summed E-state index contributed by atoms with van der Waals surface area (Å²) in [7, 11) is 1.60. The molecule has 6 heteroatoms. The molecule has 1 atom stereocenters. The van der Waals surface area contributed by atoms with E-state index in [4.69, 9.17) is 15.2 Å². The molecule has 0 heterocycles. The van der Waals surface area contributed by atoms with Crippen molar-refractivity contribution in [3.63, 3.8) is 0 Å². The Morgan fingerprint density at radius 1 is 1.04 bits per heavy atom. The first kappa shape index (κ1) is 20.5. The molecule has 144 valence electrons. The first-order valence-corrected chi connectivity index (χ1v) is 8.55.